The van der Waals surface area contributed by atoms with Crippen LogP contribution in [0, 0.1) is 12.7 Å². The Labute approximate surface area is 147 Å². The van der Waals surface area contributed by atoms with Gasteiger partial charge < -0.3 is 9.67 Å². The first-order chi connectivity index (χ1) is 11.9. The molecule has 0 fully saturated rings. The molecular formula is C19H18FNO3S. The lowest BCUT2D eigenvalue weighted by atomic mass is 10.2. The summed E-state index contributed by atoms with van der Waals surface area (Å²) < 4.78 is 28.5. The van der Waals surface area contributed by atoms with Crippen molar-refractivity contribution in [1.29, 1.82) is 0 Å². The van der Waals surface area contributed by atoms with Gasteiger partial charge in [0, 0.05) is 16.0 Å². The summed E-state index contributed by atoms with van der Waals surface area (Å²) in [6.45, 7) is 3.45. The third-order valence-corrected chi connectivity index (χ3v) is 5.76. The molecule has 130 valence electrons. The smallest absolute Gasteiger partial charge is 0.323 e. The summed E-state index contributed by atoms with van der Waals surface area (Å²) in [6.07, 6.45) is 8.25. The minimum atomic E-state index is -1.54. The Morgan fingerprint density at radius 1 is 1.32 bits per heavy atom. The van der Waals surface area contributed by atoms with Crippen molar-refractivity contribution in [1.82, 2.24) is 4.57 Å². The second-order valence-corrected chi connectivity index (χ2v) is 7.43. The molecule has 1 atom stereocenters. The van der Waals surface area contributed by atoms with Crippen LogP contribution in [0.4, 0.5) is 4.39 Å². The van der Waals surface area contributed by atoms with E-state index in [9.17, 15) is 13.4 Å². The average Bonchev–Trinajstić information content (AvgIpc) is 2.70. The van der Waals surface area contributed by atoms with Crippen molar-refractivity contribution in [3.63, 3.8) is 0 Å². The van der Waals surface area contributed by atoms with Crippen LogP contribution in [-0.2, 0) is 22.1 Å². The van der Waals surface area contributed by atoms with Crippen molar-refractivity contribution in [2.45, 2.75) is 31.7 Å². The van der Waals surface area contributed by atoms with E-state index in [0.29, 0.717) is 26.4 Å². The number of benzene rings is 1. The number of hydrogen-bond donors (Lipinski definition) is 1. The highest BCUT2D eigenvalue weighted by atomic mass is 32.2. The monoisotopic (exact) mass is 359 g/mol. The van der Waals surface area contributed by atoms with Crippen LogP contribution >= 0.6 is 0 Å². The second kappa shape index (κ2) is 6.80. The Kier molecular flexibility index (Phi) is 4.72. The van der Waals surface area contributed by atoms with Crippen LogP contribution in [0.1, 0.15) is 19.0 Å². The highest BCUT2D eigenvalue weighted by molar-refractivity contribution is 7.89. The van der Waals surface area contributed by atoms with E-state index in [1.165, 1.54) is 18.2 Å². The molecule has 1 aromatic carbocycles. The Balaban J connectivity index is 2.21. The maximum absolute atomic E-state index is 13.8. The maximum atomic E-state index is 13.8. The van der Waals surface area contributed by atoms with Crippen LogP contribution in [0.2, 0.25) is 0 Å². The van der Waals surface area contributed by atoms with Crippen LogP contribution in [0.25, 0.3) is 10.9 Å². The fraction of sp³-hybridized carbons (Fsp3) is 0.211. The molecular weight excluding hydrogens is 341 g/mol. The normalized spacial score (nSPS) is 15.6. The lowest BCUT2D eigenvalue weighted by molar-refractivity contribution is -0.137. The molecule has 2 aromatic rings. The molecule has 4 nitrogen and oxygen atoms in total. The van der Waals surface area contributed by atoms with Gasteiger partial charge in [-0.25, -0.2) is 8.60 Å². The van der Waals surface area contributed by atoms with E-state index in [-0.39, 0.29) is 6.54 Å². The van der Waals surface area contributed by atoms with Crippen molar-refractivity contribution >= 4 is 27.7 Å². The molecule has 6 heteroatoms. The first-order valence-electron chi connectivity index (χ1n) is 7.84. The van der Waals surface area contributed by atoms with Crippen LogP contribution in [0.3, 0.4) is 0 Å². The van der Waals surface area contributed by atoms with Crippen molar-refractivity contribution in [2.24, 2.45) is 0 Å². The summed E-state index contributed by atoms with van der Waals surface area (Å²) in [7, 11) is -1.54. The summed E-state index contributed by atoms with van der Waals surface area (Å²) in [5, 5.41) is 9.65. The number of carboxylic acid groups (broad SMARTS) is 1. The van der Waals surface area contributed by atoms with E-state index >= 15 is 0 Å². The predicted octanol–water partition coefficient (Wildman–Crippen LogP) is 4.07. The minimum absolute atomic E-state index is 0.265. The SMILES string of the molecule is CC1=CC=C(S(=O)c2c(C)n(CC(=O)O)c3ccc(F)cc23)C=CC1. The zero-order valence-electron chi connectivity index (χ0n) is 14.0. The predicted molar refractivity (Wildman–Crippen MR) is 96.3 cm³/mol. The van der Waals surface area contributed by atoms with E-state index in [1.54, 1.807) is 17.6 Å². The van der Waals surface area contributed by atoms with E-state index in [1.807, 2.05) is 25.2 Å². The van der Waals surface area contributed by atoms with Gasteiger partial charge in [0.25, 0.3) is 0 Å². The number of fused-ring (bicyclic) bond motifs is 1. The van der Waals surface area contributed by atoms with Gasteiger partial charge in [-0.1, -0.05) is 17.7 Å². The zero-order valence-corrected chi connectivity index (χ0v) is 14.8. The Morgan fingerprint density at radius 2 is 2.08 bits per heavy atom. The van der Waals surface area contributed by atoms with Gasteiger partial charge in [-0.2, -0.15) is 0 Å². The zero-order chi connectivity index (χ0) is 18.1. The van der Waals surface area contributed by atoms with Gasteiger partial charge in [-0.05, 0) is 50.6 Å². The molecule has 1 aromatic heterocycles. The van der Waals surface area contributed by atoms with Crippen molar-refractivity contribution in [3.05, 3.63) is 64.5 Å². The molecule has 1 aliphatic rings. The van der Waals surface area contributed by atoms with E-state index in [0.717, 1.165) is 12.0 Å². The van der Waals surface area contributed by atoms with E-state index < -0.39 is 22.6 Å². The van der Waals surface area contributed by atoms with E-state index in [2.05, 4.69) is 0 Å². The average molecular weight is 359 g/mol. The highest BCUT2D eigenvalue weighted by Crippen LogP contribution is 2.32. The van der Waals surface area contributed by atoms with Gasteiger partial charge in [0.15, 0.2) is 0 Å². The fourth-order valence-electron chi connectivity index (χ4n) is 2.95. The number of carboxylic acids is 1. The number of rotatable bonds is 4. The van der Waals surface area contributed by atoms with Crippen LogP contribution in [0.5, 0.6) is 0 Å². The summed E-state index contributed by atoms with van der Waals surface area (Å²) in [6, 6.07) is 4.13. The van der Waals surface area contributed by atoms with Crippen molar-refractivity contribution in [3.8, 4) is 0 Å². The first kappa shape index (κ1) is 17.4. The second-order valence-electron chi connectivity index (χ2n) is 6.01. The molecule has 0 aliphatic heterocycles. The summed E-state index contributed by atoms with van der Waals surface area (Å²) in [4.78, 5) is 12.3. The molecule has 1 heterocycles. The van der Waals surface area contributed by atoms with Crippen LogP contribution in [0.15, 0.2) is 57.9 Å². The molecule has 0 radical (unpaired) electrons. The molecule has 1 N–H and O–H groups in total. The number of nitrogens with zero attached hydrogens (tertiary/aromatic N) is 1. The largest absolute Gasteiger partial charge is 0.480 e. The topological polar surface area (TPSA) is 59.3 Å². The highest BCUT2D eigenvalue weighted by Gasteiger charge is 2.22. The van der Waals surface area contributed by atoms with Crippen molar-refractivity contribution in [2.75, 3.05) is 0 Å². The maximum Gasteiger partial charge on any atom is 0.323 e. The van der Waals surface area contributed by atoms with Crippen molar-refractivity contribution < 1.29 is 18.5 Å². The molecule has 3 rings (SSSR count). The third kappa shape index (κ3) is 3.35. The number of hydrogen-bond acceptors (Lipinski definition) is 2. The third-order valence-electron chi connectivity index (χ3n) is 4.17. The Hall–Kier alpha value is -2.47. The number of aromatic nitrogens is 1. The standard InChI is InChI=1S/C19H18FNO3S/c1-12-4-3-5-15(8-6-12)25(24)19-13(2)21(11-18(22)23)17-9-7-14(20)10-16(17)19/h3,5-10H,4,11H2,1-2H3,(H,22,23). The molecule has 0 spiro atoms. The molecule has 1 aliphatic carbocycles. The minimum Gasteiger partial charge on any atom is -0.480 e. The summed E-state index contributed by atoms with van der Waals surface area (Å²) in [5.41, 5.74) is 2.29. The Bertz CT molecular complexity index is 982. The summed E-state index contributed by atoms with van der Waals surface area (Å²) in [5.74, 6) is -1.45. The molecule has 25 heavy (non-hydrogen) atoms. The lowest BCUT2D eigenvalue weighted by Crippen LogP contribution is -2.10. The number of allylic oxidation sites excluding steroid dienone is 5. The van der Waals surface area contributed by atoms with Gasteiger partial charge in [-0.15, -0.1) is 0 Å². The summed E-state index contributed by atoms with van der Waals surface area (Å²) >= 11 is 0. The van der Waals surface area contributed by atoms with Crippen LogP contribution in [-0.4, -0.2) is 19.9 Å². The Morgan fingerprint density at radius 3 is 2.80 bits per heavy atom. The number of aliphatic carboxylic acids is 1. The lowest BCUT2D eigenvalue weighted by Gasteiger charge is -2.06. The molecule has 0 saturated carbocycles. The fourth-order valence-corrected chi connectivity index (χ4v) is 4.34. The van der Waals surface area contributed by atoms with Gasteiger partial charge in [-0.3, -0.25) is 4.79 Å². The van der Waals surface area contributed by atoms with Gasteiger partial charge in [0.1, 0.15) is 12.4 Å². The van der Waals surface area contributed by atoms with Gasteiger partial charge >= 0.3 is 5.97 Å². The number of halogens is 1. The van der Waals surface area contributed by atoms with Gasteiger partial charge in [0.05, 0.1) is 21.2 Å². The molecule has 0 amide bonds. The number of carbonyl (C=O) groups is 1. The van der Waals surface area contributed by atoms with Crippen LogP contribution < -0.4 is 0 Å². The molecule has 1 unspecified atom stereocenters. The first-order valence-corrected chi connectivity index (χ1v) is 8.99. The molecule has 0 bridgehead atoms. The van der Waals surface area contributed by atoms with Gasteiger partial charge in [0.2, 0.25) is 0 Å². The molecule has 0 saturated heterocycles. The quantitative estimate of drug-likeness (QED) is 0.895. The van der Waals surface area contributed by atoms with E-state index in [4.69, 9.17) is 5.11 Å².